The maximum absolute atomic E-state index is 12.2. The first kappa shape index (κ1) is 20.5. The number of anilines is 1. The van der Waals surface area contributed by atoms with Crippen molar-refractivity contribution < 1.29 is 19.0 Å². The molecule has 0 saturated carbocycles. The zero-order valence-electron chi connectivity index (χ0n) is 16.3. The Bertz CT molecular complexity index is 933. The van der Waals surface area contributed by atoms with Gasteiger partial charge in [0.25, 0.3) is 5.91 Å². The number of aromatic nitrogens is 1. The Morgan fingerprint density at radius 1 is 1.00 bits per heavy atom. The predicted molar refractivity (Wildman–Crippen MR) is 114 cm³/mol. The summed E-state index contributed by atoms with van der Waals surface area (Å²) in [7, 11) is 3.13. The maximum atomic E-state index is 12.2. The zero-order chi connectivity index (χ0) is 20.5. The van der Waals surface area contributed by atoms with Crippen LogP contribution in [0.15, 0.2) is 71.8 Å². The highest BCUT2D eigenvalue weighted by Gasteiger charge is 2.11. The second-order valence-corrected chi connectivity index (χ2v) is 7.04. The molecule has 0 aliphatic rings. The number of carbonyl (C=O) groups is 1. The van der Waals surface area contributed by atoms with Gasteiger partial charge in [0, 0.05) is 22.4 Å². The molecule has 0 spiro atoms. The molecule has 1 N–H and O–H groups in total. The van der Waals surface area contributed by atoms with Gasteiger partial charge in [0.1, 0.15) is 5.75 Å². The van der Waals surface area contributed by atoms with Crippen molar-refractivity contribution in [3.05, 3.63) is 72.6 Å². The van der Waals surface area contributed by atoms with Crippen molar-refractivity contribution in [1.82, 2.24) is 4.98 Å². The average Bonchev–Trinajstić information content (AvgIpc) is 2.77. The van der Waals surface area contributed by atoms with Crippen LogP contribution in [-0.4, -0.2) is 31.7 Å². The maximum Gasteiger partial charge on any atom is 0.262 e. The summed E-state index contributed by atoms with van der Waals surface area (Å²) in [6.45, 7) is -0.141. The van der Waals surface area contributed by atoms with E-state index in [4.69, 9.17) is 14.2 Å². The molecule has 0 radical (unpaired) electrons. The van der Waals surface area contributed by atoms with E-state index in [9.17, 15) is 4.79 Å². The molecule has 3 aromatic rings. The highest BCUT2D eigenvalue weighted by Crippen LogP contribution is 2.29. The molecule has 150 valence electrons. The fourth-order valence-corrected chi connectivity index (χ4v) is 3.32. The van der Waals surface area contributed by atoms with E-state index in [0.717, 1.165) is 16.3 Å². The lowest BCUT2D eigenvalue weighted by atomic mass is 10.3. The Morgan fingerprint density at radius 2 is 1.76 bits per heavy atom. The number of hydrogen-bond acceptors (Lipinski definition) is 6. The lowest BCUT2D eigenvalue weighted by Gasteiger charge is -2.12. The third-order valence-electron chi connectivity index (χ3n) is 3.97. The summed E-state index contributed by atoms with van der Waals surface area (Å²) in [5, 5.41) is 2.78. The van der Waals surface area contributed by atoms with Crippen LogP contribution in [0.2, 0.25) is 0 Å². The van der Waals surface area contributed by atoms with Crippen LogP contribution in [-0.2, 0) is 10.5 Å². The van der Waals surface area contributed by atoms with Crippen LogP contribution in [0.4, 0.5) is 5.69 Å². The minimum atomic E-state index is -0.269. The van der Waals surface area contributed by atoms with Gasteiger partial charge in [-0.05, 0) is 36.4 Å². The fourth-order valence-electron chi connectivity index (χ4n) is 2.50. The summed E-state index contributed by atoms with van der Waals surface area (Å²) in [6, 6.07) is 19.0. The molecule has 0 aliphatic carbocycles. The molecule has 0 aliphatic heterocycles. The second-order valence-electron chi connectivity index (χ2n) is 5.99. The standard InChI is InChI=1S/C22H22N2O4S/c1-26-18-10-8-16(9-11-18)24-22(25)14-28-20-12-17(23-13-21(20)27-2)15-29-19-6-4-3-5-7-19/h3-13H,14-15H2,1-2H3,(H,24,25). The van der Waals surface area contributed by atoms with Gasteiger partial charge >= 0.3 is 0 Å². The van der Waals surface area contributed by atoms with Crippen molar-refractivity contribution in [2.24, 2.45) is 0 Å². The van der Waals surface area contributed by atoms with Crippen LogP contribution in [0.3, 0.4) is 0 Å². The summed E-state index contributed by atoms with van der Waals surface area (Å²) < 4.78 is 16.1. The summed E-state index contributed by atoms with van der Waals surface area (Å²) >= 11 is 1.68. The largest absolute Gasteiger partial charge is 0.497 e. The summed E-state index contributed by atoms with van der Waals surface area (Å²) in [4.78, 5) is 17.8. The number of nitrogens with one attached hydrogen (secondary N) is 1. The van der Waals surface area contributed by atoms with E-state index in [-0.39, 0.29) is 12.5 Å². The van der Waals surface area contributed by atoms with Gasteiger partial charge < -0.3 is 19.5 Å². The number of nitrogens with zero attached hydrogens (tertiary/aromatic N) is 1. The van der Waals surface area contributed by atoms with Crippen LogP contribution in [0.1, 0.15) is 5.69 Å². The number of thioether (sulfide) groups is 1. The SMILES string of the molecule is COc1ccc(NC(=O)COc2cc(CSc3ccccc3)ncc2OC)cc1. The van der Waals surface area contributed by atoms with Gasteiger partial charge in [0.15, 0.2) is 18.1 Å². The number of pyridine rings is 1. The van der Waals surface area contributed by atoms with Crippen molar-refractivity contribution in [3.63, 3.8) is 0 Å². The molecule has 6 nitrogen and oxygen atoms in total. The first-order chi connectivity index (χ1) is 14.2. The number of rotatable bonds is 9. The van der Waals surface area contributed by atoms with Gasteiger partial charge in [-0.25, -0.2) is 0 Å². The Labute approximate surface area is 174 Å². The zero-order valence-corrected chi connectivity index (χ0v) is 17.1. The Hall–Kier alpha value is -3.19. The van der Waals surface area contributed by atoms with Gasteiger partial charge in [0.05, 0.1) is 26.1 Å². The Morgan fingerprint density at radius 3 is 2.45 bits per heavy atom. The van der Waals surface area contributed by atoms with Gasteiger partial charge in [-0.2, -0.15) is 0 Å². The quantitative estimate of drug-likeness (QED) is 0.527. The molecule has 3 rings (SSSR count). The van der Waals surface area contributed by atoms with Crippen molar-refractivity contribution in [2.75, 3.05) is 26.1 Å². The van der Waals surface area contributed by atoms with Crippen LogP contribution >= 0.6 is 11.8 Å². The normalized spacial score (nSPS) is 10.3. The van der Waals surface area contributed by atoms with Gasteiger partial charge in [-0.15, -0.1) is 11.8 Å². The molecule has 0 atom stereocenters. The number of benzene rings is 2. The molecule has 7 heteroatoms. The van der Waals surface area contributed by atoms with Crippen molar-refractivity contribution >= 4 is 23.4 Å². The van der Waals surface area contributed by atoms with E-state index in [1.165, 1.54) is 0 Å². The van der Waals surface area contributed by atoms with Crippen LogP contribution in [0.25, 0.3) is 0 Å². The molecule has 29 heavy (non-hydrogen) atoms. The highest BCUT2D eigenvalue weighted by atomic mass is 32.2. The van der Waals surface area contributed by atoms with Gasteiger partial charge in [0.2, 0.25) is 0 Å². The summed E-state index contributed by atoms with van der Waals surface area (Å²) in [6.07, 6.45) is 1.61. The van der Waals surface area contributed by atoms with Gasteiger partial charge in [-0.3, -0.25) is 9.78 Å². The third kappa shape index (κ3) is 6.15. The molecule has 1 aromatic heterocycles. The van der Waals surface area contributed by atoms with E-state index in [0.29, 0.717) is 22.9 Å². The first-order valence-corrected chi connectivity index (χ1v) is 9.94. The highest BCUT2D eigenvalue weighted by molar-refractivity contribution is 7.98. The van der Waals surface area contributed by atoms with E-state index in [1.807, 2.05) is 18.2 Å². The van der Waals surface area contributed by atoms with E-state index >= 15 is 0 Å². The first-order valence-electron chi connectivity index (χ1n) is 8.95. The van der Waals surface area contributed by atoms with Crippen molar-refractivity contribution in [1.29, 1.82) is 0 Å². The molecule has 1 heterocycles. The summed E-state index contributed by atoms with van der Waals surface area (Å²) in [5.74, 6) is 2.10. The number of carbonyl (C=O) groups excluding carboxylic acids is 1. The molecule has 0 bridgehead atoms. The molecule has 0 saturated heterocycles. The topological polar surface area (TPSA) is 69.7 Å². The van der Waals surface area contributed by atoms with Crippen LogP contribution < -0.4 is 19.5 Å². The minimum Gasteiger partial charge on any atom is -0.497 e. The van der Waals surface area contributed by atoms with Gasteiger partial charge in [-0.1, -0.05) is 18.2 Å². The third-order valence-corrected chi connectivity index (χ3v) is 5.02. The second kappa shape index (κ2) is 10.4. The summed E-state index contributed by atoms with van der Waals surface area (Å²) in [5.41, 5.74) is 1.51. The predicted octanol–water partition coefficient (Wildman–Crippen LogP) is 4.41. The van der Waals surface area contributed by atoms with E-state index in [1.54, 1.807) is 62.5 Å². The number of hydrogen-bond donors (Lipinski definition) is 1. The van der Waals surface area contributed by atoms with Crippen molar-refractivity contribution in [2.45, 2.75) is 10.6 Å². The molecular weight excluding hydrogens is 388 g/mol. The number of methoxy groups -OCH3 is 2. The molecular formula is C22H22N2O4S. The van der Waals surface area contributed by atoms with E-state index < -0.39 is 0 Å². The molecule has 0 unspecified atom stereocenters. The average molecular weight is 410 g/mol. The lowest BCUT2D eigenvalue weighted by molar-refractivity contribution is -0.118. The lowest BCUT2D eigenvalue weighted by Crippen LogP contribution is -2.20. The fraction of sp³-hybridized carbons (Fsp3) is 0.182. The molecule has 2 aromatic carbocycles. The molecule has 0 fully saturated rings. The Kier molecular flexibility index (Phi) is 7.35. The van der Waals surface area contributed by atoms with Crippen LogP contribution in [0.5, 0.6) is 17.2 Å². The number of ether oxygens (including phenoxy) is 3. The monoisotopic (exact) mass is 410 g/mol. The smallest absolute Gasteiger partial charge is 0.262 e. The Balaban J connectivity index is 1.58. The molecule has 1 amide bonds. The van der Waals surface area contributed by atoms with Crippen LogP contribution in [0, 0.1) is 0 Å². The van der Waals surface area contributed by atoms with E-state index in [2.05, 4.69) is 22.4 Å². The van der Waals surface area contributed by atoms with Crippen molar-refractivity contribution in [3.8, 4) is 17.2 Å². The number of amides is 1. The minimum absolute atomic E-state index is 0.141.